The standard InChI is InChI=1S/C16H19NO3/c1-12-7-8-15(16(11-12)18-2)20-10-9-19-14-6-4-3-5-13(14)17/h3-8,11H,9-10,17H2,1-2H3. The zero-order chi connectivity index (χ0) is 14.4. The largest absolute Gasteiger partial charge is 0.493 e. The summed E-state index contributed by atoms with van der Waals surface area (Å²) < 4.78 is 16.5. The number of nitrogen functional groups attached to an aromatic ring is 1. The number of nitrogens with two attached hydrogens (primary N) is 1. The van der Waals surface area contributed by atoms with Crippen molar-refractivity contribution in [1.29, 1.82) is 0 Å². The normalized spacial score (nSPS) is 10.1. The lowest BCUT2D eigenvalue weighted by Crippen LogP contribution is -2.10. The number of ether oxygens (including phenoxy) is 3. The van der Waals surface area contributed by atoms with E-state index in [0.29, 0.717) is 30.4 Å². The Kier molecular flexibility index (Phi) is 4.71. The maximum absolute atomic E-state index is 5.79. The number of hydrogen-bond donors (Lipinski definition) is 1. The highest BCUT2D eigenvalue weighted by Crippen LogP contribution is 2.27. The van der Waals surface area contributed by atoms with Gasteiger partial charge in [0.05, 0.1) is 12.8 Å². The fourth-order valence-electron chi connectivity index (χ4n) is 1.81. The quantitative estimate of drug-likeness (QED) is 0.649. The molecule has 106 valence electrons. The molecule has 20 heavy (non-hydrogen) atoms. The molecule has 2 N–H and O–H groups in total. The van der Waals surface area contributed by atoms with Crippen LogP contribution < -0.4 is 19.9 Å². The van der Waals surface area contributed by atoms with Crippen LogP contribution >= 0.6 is 0 Å². The van der Waals surface area contributed by atoms with Gasteiger partial charge in [-0.1, -0.05) is 18.2 Å². The van der Waals surface area contributed by atoms with Crippen molar-refractivity contribution in [3.8, 4) is 17.2 Å². The molecule has 0 spiro atoms. The average Bonchev–Trinajstić information content (AvgIpc) is 2.46. The van der Waals surface area contributed by atoms with E-state index in [2.05, 4.69) is 0 Å². The smallest absolute Gasteiger partial charge is 0.161 e. The number of hydrogen-bond acceptors (Lipinski definition) is 4. The van der Waals surface area contributed by atoms with Gasteiger partial charge in [0, 0.05) is 0 Å². The highest BCUT2D eigenvalue weighted by atomic mass is 16.5. The molecule has 0 aliphatic heterocycles. The van der Waals surface area contributed by atoms with Gasteiger partial charge in [-0.2, -0.15) is 0 Å². The lowest BCUT2D eigenvalue weighted by molar-refractivity contribution is 0.212. The van der Waals surface area contributed by atoms with Gasteiger partial charge in [0.2, 0.25) is 0 Å². The van der Waals surface area contributed by atoms with Gasteiger partial charge in [-0.15, -0.1) is 0 Å². The molecule has 0 amide bonds. The molecular weight excluding hydrogens is 254 g/mol. The van der Waals surface area contributed by atoms with Gasteiger partial charge in [-0.25, -0.2) is 0 Å². The summed E-state index contributed by atoms with van der Waals surface area (Å²) in [4.78, 5) is 0. The van der Waals surface area contributed by atoms with Crippen molar-refractivity contribution in [1.82, 2.24) is 0 Å². The van der Waals surface area contributed by atoms with E-state index in [0.717, 1.165) is 11.3 Å². The first-order valence-corrected chi connectivity index (χ1v) is 6.45. The Balaban J connectivity index is 1.86. The fourth-order valence-corrected chi connectivity index (χ4v) is 1.81. The van der Waals surface area contributed by atoms with E-state index in [-0.39, 0.29) is 0 Å². The van der Waals surface area contributed by atoms with E-state index in [4.69, 9.17) is 19.9 Å². The summed E-state index contributed by atoms with van der Waals surface area (Å²) in [5.41, 5.74) is 7.54. The van der Waals surface area contributed by atoms with Crippen LogP contribution in [0.1, 0.15) is 5.56 Å². The summed E-state index contributed by atoms with van der Waals surface area (Å²) in [5, 5.41) is 0. The number of rotatable bonds is 6. The summed E-state index contributed by atoms with van der Waals surface area (Å²) in [5.74, 6) is 2.11. The Morgan fingerprint density at radius 2 is 1.60 bits per heavy atom. The van der Waals surface area contributed by atoms with E-state index in [1.54, 1.807) is 13.2 Å². The van der Waals surface area contributed by atoms with Crippen molar-refractivity contribution < 1.29 is 14.2 Å². The Morgan fingerprint density at radius 1 is 0.900 bits per heavy atom. The molecule has 4 heteroatoms. The van der Waals surface area contributed by atoms with Crippen molar-refractivity contribution >= 4 is 5.69 Å². The summed E-state index contributed by atoms with van der Waals surface area (Å²) >= 11 is 0. The first kappa shape index (κ1) is 14.1. The Bertz CT molecular complexity index is 569. The van der Waals surface area contributed by atoms with Crippen LogP contribution in [0.2, 0.25) is 0 Å². The fraction of sp³-hybridized carbons (Fsp3) is 0.250. The van der Waals surface area contributed by atoms with Crippen LogP contribution in [-0.4, -0.2) is 20.3 Å². The number of anilines is 1. The molecule has 0 saturated heterocycles. The van der Waals surface area contributed by atoms with Gasteiger partial charge in [-0.05, 0) is 36.8 Å². The number of methoxy groups -OCH3 is 1. The summed E-state index contributed by atoms with van der Waals surface area (Å²) in [6.45, 7) is 2.85. The van der Waals surface area contributed by atoms with Crippen LogP contribution in [0.25, 0.3) is 0 Å². The molecule has 0 aliphatic rings. The Labute approximate surface area is 119 Å². The summed E-state index contributed by atoms with van der Waals surface area (Å²) in [6.07, 6.45) is 0. The highest BCUT2D eigenvalue weighted by Gasteiger charge is 2.04. The molecule has 0 bridgehead atoms. The monoisotopic (exact) mass is 273 g/mol. The van der Waals surface area contributed by atoms with Crippen LogP contribution in [0, 0.1) is 6.92 Å². The van der Waals surface area contributed by atoms with Crippen molar-refractivity contribution in [2.75, 3.05) is 26.1 Å². The number of aryl methyl sites for hydroxylation is 1. The Hall–Kier alpha value is -2.36. The van der Waals surface area contributed by atoms with Gasteiger partial charge in [0.1, 0.15) is 19.0 Å². The average molecular weight is 273 g/mol. The molecule has 2 aromatic rings. The molecular formula is C16H19NO3. The second-order valence-corrected chi connectivity index (χ2v) is 4.39. The minimum absolute atomic E-state index is 0.422. The first-order chi connectivity index (χ1) is 9.70. The van der Waals surface area contributed by atoms with Gasteiger partial charge < -0.3 is 19.9 Å². The van der Waals surface area contributed by atoms with E-state index >= 15 is 0 Å². The number of benzene rings is 2. The Morgan fingerprint density at radius 3 is 2.30 bits per heavy atom. The predicted molar refractivity (Wildman–Crippen MR) is 79.6 cm³/mol. The molecule has 0 heterocycles. The van der Waals surface area contributed by atoms with Crippen LogP contribution in [0.4, 0.5) is 5.69 Å². The predicted octanol–water partition coefficient (Wildman–Crippen LogP) is 3.04. The number of para-hydroxylation sites is 2. The zero-order valence-corrected chi connectivity index (χ0v) is 11.8. The van der Waals surface area contributed by atoms with Crippen LogP contribution in [0.5, 0.6) is 17.2 Å². The van der Waals surface area contributed by atoms with E-state index in [9.17, 15) is 0 Å². The van der Waals surface area contributed by atoms with E-state index in [1.807, 2.05) is 43.3 Å². The minimum Gasteiger partial charge on any atom is -0.493 e. The molecule has 0 aromatic heterocycles. The van der Waals surface area contributed by atoms with Gasteiger partial charge in [0.25, 0.3) is 0 Å². The van der Waals surface area contributed by atoms with Crippen LogP contribution in [0.3, 0.4) is 0 Å². The molecule has 2 rings (SSSR count). The topological polar surface area (TPSA) is 53.7 Å². The SMILES string of the molecule is COc1cc(C)ccc1OCCOc1ccccc1N. The van der Waals surface area contributed by atoms with Gasteiger partial charge in [-0.3, -0.25) is 0 Å². The maximum atomic E-state index is 5.79. The van der Waals surface area contributed by atoms with Gasteiger partial charge >= 0.3 is 0 Å². The van der Waals surface area contributed by atoms with Crippen molar-refractivity contribution in [2.45, 2.75) is 6.92 Å². The summed E-state index contributed by atoms with van der Waals surface area (Å²) in [7, 11) is 1.63. The van der Waals surface area contributed by atoms with Crippen LogP contribution in [-0.2, 0) is 0 Å². The third-order valence-corrected chi connectivity index (χ3v) is 2.84. The summed E-state index contributed by atoms with van der Waals surface area (Å²) in [6, 6.07) is 13.2. The van der Waals surface area contributed by atoms with Gasteiger partial charge in [0.15, 0.2) is 11.5 Å². The van der Waals surface area contributed by atoms with Crippen molar-refractivity contribution in [3.63, 3.8) is 0 Å². The van der Waals surface area contributed by atoms with E-state index < -0.39 is 0 Å². The second kappa shape index (κ2) is 6.70. The second-order valence-electron chi connectivity index (χ2n) is 4.39. The third-order valence-electron chi connectivity index (χ3n) is 2.84. The lowest BCUT2D eigenvalue weighted by atomic mass is 10.2. The maximum Gasteiger partial charge on any atom is 0.161 e. The molecule has 0 fully saturated rings. The zero-order valence-electron chi connectivity index (χ0n) is 11.8. The van der Waals surface area contributed by atoms with Crippen molar-refractivity contribution in [2.24, 2.45) is 0 Å². The molecule has 0 atom stereocenters. The minimum atomic E-state index is 0.422. The molecule has 2 aromatic carbocycles. The molecule has 0 unspecified atom stereocenters. The molecule has 0 radical (unpaired) electrons. The lowest BCUT2D eigenvalue weighted by Gasteiger charge is -2.12. The molecule has 4 nitrogen and oxygen atoms in total. The van der Waals surface area contributed by atoms with E-state index in [1.165, 1.54) is 0 Å². The first-order valence-electron chi connectivity index (χ1n) is 6.45. The molecule has 0 aliphatic carbocycles. The van der Waals surface area contributed by atoms with Crippen LogP contribution in [0.15, 0.2) is 42.5 Å². The molecule has 0 saturated carbocycles. The van der Waals surface area contributed by atoms with Crippen molar-refractivity contribution in [3.05, 3.63) is 48.0 Å². The third kappa shape index (κ3) is 3.57. The highest BCUT2D eigenvalue weighted by molar-refractivity contribution is 5.51.